The minimum Gasteiger partial charge on any atom is -0.352 e. The SMILES string of the molecule is Cl.O=C(Cc1ccccc1[N+](=O)[O-])NC1CCCNC1. The van der Waals surface area contributed by atoms with Crippen LogP contribution in [0.1, 0.15) is 18.4 Å². The van der Waals surface area contributed by atoms with Crippen molar-refractivity contribution in [3.8, 4) is 0 Å². The van der Waals surface area contributed by atoms with Gasteiger partial charge in [0.25, 0.3) is 5.69 Å². The maximum atomic E-state index is 11.9. The van der Waals surface area contributed by atoms with Crippen molar-refractivity contribution in [2.24, 2.45) is 0 Å². The molecule has 1 heterocycles. The third kappa shape index (κ3) is 4.47. The van der Waals surface area contributed by atoms with E-state index in [0.717, 1.165) is 25.9 Å². The Balaban J connectivity index is 0.00000200. The second-order valence-electron chi connectivity index (χ2n) is 4.67. The smallest absolute Gasteiger partial charge is 0.273 e. The summed E-state index contributed by atoms with van der Waals surface area (Å²) in [6.45, 7) is 1.75. The quantitative estimate of drug-likeness (QED) is 0.650. The van der Waals surface area contributed by atoms with Crippen molar-refractivity contribution < 1.29 is 9.72 Å². The molecular weight excluding hydrogens is 282 g/mol. The first-order valence-electron chi connectivity index (χ1n) is 6.39. The van der Waals surface area contributed by atoms with Gasteiger partial charge in [0, 0.05) is 24.2 Å². The lowest BCUT2D eigenvalue weighted by atomic mass is 10.1. The summed E-state index contributed by atoms with van der Waals surface area (Å²) in [6, 6.07) is 6.48. The Bertz CT molecular complexity index is 476. The van der Waals surface area contributed by atoms with Crippen LogP contribution in [0, 0.1) is 10.1 Å². The Kier molecular flexibility index (Phi) is 6.41. The van der Waals surface area contributed by atoms with E-state index in [1.165, 1.54) is 6.07 Å². The van der Waals surface area contributed by atoms with Gasteiger partial charge in [-0.2, -0.15) is 0 Å². The fourth-order valence-corrected chi connectivity index (χ4v) is 2.27. The number of benzene rings is 1. The molecule has 0 bridgehead atoms. The zero-order valence-electron chi connectivity index (χ0n) is 11.0. The second-order valence-corrected chi connectivity index (χ2v) is 4.67. The highest BCUT2D eigenvalue weighted by molar-refractivity contribution is 5.85. The summed E-state index contributed by atoms with van der Waals surface area (Å²) < 4.78 is 0. The molecule has 1 unspecified atom stereocenters. The first kappa shape index (κ1) is 16.4. The van der Waals surface area contributed by atoms with E-state index in [9.17, 15) is 14.9 Å². The van der Waals surface area contributed by atoms with Crippen LogP contribution in [0.4, 0.5) is 5.69 Å². The number of nitro benzene ring substituents is 1. The van der Waals surface area contributed by atoms with Gasteiger partial charge in [0.15, 0.2) is 0 Å². The van der Waals surface area contributed by atoms with Crippen molar-refractivity contribution in [1.82, 2.24) is 10.6 Å². The number of halogens is 1. The molecule has 0 aromatic heterocycles. The van der Waals surface area contributed by atoms with Gasteiger partial charge in [0.2, 0.25) is 5.91 Å². The van der Waals surface area contributed by atoms with Crippen molar-refractivity contribution in [3.63, 3.8) is 0 Å². The number of piperidine rings is 1. The number of para-hydroxylation sites is 1. The first-order chi connectivity index (χ1) is 9.16. The third-order valence-electron chi connectivity index (χ3n) is 3.20. The van der Waals surface area contributed by atoms with E-state index >= 15 is 0 Å². The van der Waals surface area contributed by atoms with Gasteiger partial charge in [-0.05, 0) is 19.4 Å². The largest absolute Gasteiger partial charge is 0.352 e. The molecule has 0 saturated carbocycles. The summed E-state index contributed by atoms with van der Waals surface area (Å²) >= 11 is 0. The highest BCUT2D eigenvalue weighted by atomic mass is 35.5. The monoisotopic (exact) mass is 299 g/mol. The molecule has 1 fully saturated rings. The van der Waals surface area contributed by atoms with Crippen LogP contribution in [0.25, 0.3) is 0 Å². The topological polar surface area (TPSA) is 84.3 Å². The van der Waals surface area contributed by atoms with Crippen molar-refractivity contribution in [2.75, 3.05) is 13.1 Å². The predicted octanol–water partition coefficient (Wildman–Crippen LogP) is 1.43. The van der Waals surface area contributed by atoms with Gasteiger partial charge in [-0.3, -0.25) is 14.9 Å². The van der Waals surface area contributed by atoms with Gasteiger partial charge >= 0.3 is 0 Å². The summed E-state index contributed by atoms with van der Waals surface area (Å²) in [7, 11) is 0. The fraction of sp³-hybridized carbons (Fsp3) is 0.462. The lowest BCUT2D eigenvalue weighted by Gasteiger charge is -2.23. The average Bonchev–Trinajstić information content (AvgIpc) is 2.40. The molecule has 0 radical (unpaired) electrons. The van der Waals surface area contributed by atoms with E-state index < -0.39 is 4.92 Å². The van der Waals surface area contributed by atoms with Crippen LogP contribution in [0.15, 0.2) is 24.3 Å². The molecular formula is C13H18ClN3O3. The molecule has 1 aliphatic heterocycles. The molecule has 1 amide bonds. The molecule has 6 nitrogen and oxygen atoms in total. The maximum Gasteiger partial charge on any atom is 0.273 e. The standard InChI is InChI=1S/C13H17N3O3.ClH/c17-13(15-11-5-3-7-14-9-11)8-10-4-1-2-6-12(10)16(18)19;/h1-2,4,6,11,14H,3,5,7-9H2,(H,15,17);1H. The van der Waals surface area contributed by atoms with Crippen molar-refractivity contribution >= 4 is 24.0 Å². The van der Waals surface area contributed by atoms with Crippen molar-refractivity contribution in [2.45, 2.75) is 25.3 Å². The van der Waals surface area contributed by atoms with E-state index in [1.54, 1.807) is 18.2 Å². The Morgan fingerprint density at radius 3 is 2.85 bits per heavy atom. The first-order valence-corrected chi connectivity index (χ1v) is 6.39. The maximum absolute atomic E-state index is 11.9. The highest BCUT2D eigenvalue weighted by Crippen LogP contribution is 2.18. The van der Waals surface area contributed by atoms with Gasteiger partial charge in [0.1, 0.15) is 0 Å². The van der Waals surface area contributed by atoms with Crippen LogP contribution >= 0.6 is 12.4 Å². The average molecular weight is 300 g/mol. The minimum atomic E-state index is -0.454. The Morgan fingerprint density at radius 1 is 1.45 bits per heavy atom. The van der Waals surface area contributed by atoms with Crippen LogP contribution < -0.4 is 10.6 Å². The van der Waals surface area contributed by atoms with Gasteiger partial charge < -0.3 is 10.6 Å². The number of nitrogens with zero attached hydrogens (tertiary/aromatic N) is 1. The molecule has 20 heavy (non-hydrogen) atoms. The molecule has 110 valence electrons. The third-order valence-corrected chi connectivity index (χ3v) is 3.20. The van der Waals surface area contributed by atoms with Crippen LogP contribution in [-0.4, -0.2) is 30.0 Å². The molecule has 0 spiro atoms. The highest BCUT2D eigenvalue weighted by Gasteiger charge is 2.19. The normalized spacial score (nSPS) is 17.9. The molecule has 1 aliphatic rings. The molecule has 1 saturated heterocycles. The lowest BCUT2D eigenvalue weighted by Crippen LogP contribution is -2.46. The lowest BCUT2D eigenvalue weighted by molar-refractivity contribution is -0.385. The second kappa shape index (κ2) is 7.81. The summed E-state index contributed by atoms with van der Waals surface area (Å²) in [5, 5.41) is 17.0. The summed E-state index contributed by atoms with van der Waals surface area (Å²) in [6.07, 6.45) is 2.04. The zero-order chi connectivity index (χ0) is 13.7. The van der Waals surface area contributed by atoms with Crippen LogP contribution in [0.2, 0.25) is 0 Å². The number of amides is 1. The Labute approximate surface area is 123 Å². The number of nitro groups is 1. The predicted molar refractivity (Wildman–Crippen MR) is 78.1 cm³/mol. The van der Waals surface area contributed by atoms with Crippen LogP contribution in [0.3, 0.4) is 0 Å². The summed E-state index contributed by atoms with van der Waals surface area (Å²) in [5.74, 6) is -0.164. The molecule has 0 aliphatic carbocycles. The van der Waals surface area contributed by atoms with Gasteiger partial charge in [-0.15, -0.1) is 12.4 Å². The number of carbonyl (C=O) groups excluding carboxylic acids is 1. The molecule has 2 N–H and O–H groups in total. The number of hydrogen-bond acceptors (Lipinski definition) is 4. The summed E-state index contributed by atoms with van der Waals surface area (Å²) in [4.78, 5) is 22.3. The fourth-order valence-electron chi connectivity index (χ4n) is 2.27. The number of hydrogen-bond donors (Lipinski definition) is 2. The zero-order valence-corrected chi connectivity index (χ0v) is 11.8. The van der Waals surface area contributed by atoms with Gasteiger partial charge in [-0.25, -0.2) is 0 Å². The molecule has 1 aromatic rings. The van der Waals surface area contributed by atoms with Gasteiger partial charge in [-0.1, -0.05) is 18.2 Å². The van der Waals surface area contributed by atoms with E-state index in [4.69, 9.17) is 0 Å². The van der Waals surface area contributed by atoms with E-state index in [-0.39, 0.29) is 36.5 Å². The molecule has 1 aromatic carbocycles. The minimum absolute atomic E-state index is 0. The Morgan fingerprint density at radius 2 is 2.20 bits per heavy atom. The molecule has 7 heteroatoms. The van der Waals surface area contributed by atoms with E-state index in [0.29, 0.717) is 5.56 Å². The van der Waals surface area contributed by atoms with Gasteiger partial charge in [0.05, 0.1) is 11.3 Å². The van der Waals surface area contributed by atoms with E-state index in [1.807, 2.05) is 0 Å². The molecule has 2 rings (SSSR count). The number of nitrogens with one attached hydrogen (secondary N) is 2. The van der Waals surface area contributed by atoms with Crippen LogP contribution in [-0.2, 0) is 11.2 Å². The van der Waals surface area contributed by atoms with Crippen molar-refractivity contribution in [1.29, 1.82) is 0 Å². The van der Waals surface area contributed by atoms with Crippen molar-refractivity contribution in [3.05, 3.63) is 39.9 Å². The van der Waals surface area contributed by atoms with E-state index in [2.05, 4.69) is 10.6 Å². The number of rotatable bonds is 4. The number of carbonyl (C=O) groups is 1. The molecule has 1 atom stereocenters. The summed E-state index contributed by atoms with van der Waals surface area (Å²) in [5.41, 5.74) is 0.452. The Hall–Kier alpha value is -1.66. The van der Waals surface area contributed by atoms with Crippen LogP contribution in [0.5, 0.6) is 0 Å².